The standard InChI is InChI=1S/C19H17N7O/c1-2-7-21-15(3-1)19-23-17-11-20-8-6-13(17)18(24-19)22-10-12-4-5-14-16(9-12)26-27-25-14/h1-5,7,9,20H,6,8,10-11H2,(H,22,23,24). The summed E-state index contributed by atoms with van der Waals surface area (Å²) >= 11 is 0. The van der Waals surface area contributed by atoms with Crippen molar-refractivity contribution in [3.05, 3.63) is 59.4 Å². The molecular formula is C19H17N7O. The summed E-state index contributed by atoms with van der Waals surface area (Å²) in [4.78, 5) is 13.9. The van der Waals surface area contributed by atoms with Crippen LogP contribution in [0.4, 0.5) is 5.82 Å². The fraction of sp³-hybridized carbons (Fsp3) is 0.211. The van der Waals surface area contributed by atoms with Crippen molar-refractivity contribution in [3.8, 4) is 11.5 Å². The minimum Gasteiger partial charge on any atom is -0.366 e. The number of pyridine rings is 1. The first kappa shape index (κ1) is 15.8. The van der Waals surface area contributed by atoms with Crippen LogP contribution in [0.2, 0.25) is 0 Å². The van der Waals surface area contributed by atoms with Gasteiger partial charge in [0.05, 0.1) is 5.69 Å². The zero-order valence-electron chi connectivity index (χ0n) is 14.5. The molecule has 0 saturated carbocycles. The molecule has 134 valence electrons. The van der Waals surface area contributed by atoms with E-state index < -0.39 is 0 Å². The summed E-state index contributed by atoms with van der Waals surface area (Å²) in [7, 11) is 0. The fourth-order valence-electron chi connectivity index (χ4n) is 3.24. The Labute approximate surface area is 155 Å². The molecule has 27 heavy (non-hydrogen) atoms. The van der Waals surface area contributed by atoms with Crippen LogP contribution in [0.3, 0.4) is 0 Å². The SMILES string of the molecule is c1ccc(-c2nc3c(c(NCc4ccc5nonc5c4)n2)CCNC3)nc1. The number of hydrogen-bond donors (Lipinski definition) is 2. The summed E-state index contributed by atoms with van der Waals surface area (Å²) in [5, 5.41) is 14.6. The number of hydrogen-bond acceptors (Lipinski definition) is 8. The molecular weight excluding hydrogens is 342 g/mol. The highest BCUT2D eigenvalue weighted by Gasteiger charge is 2.18. The molecule has 8 heteroatoms. The molecule has 0 amide bonds. The Morgan fingerprint density at radius 1 is 1.07 bits per heavy atom. The van der Waals surface area contributed by atoms with Crippen molar-refractivity contribution in [2.45, 2.75) is 19.5 Å². The molecule has 0 fully saturated rings. The minimum absolute atomic E-state index is 0.626. The summed E-state index contributed by atoms with van der Waals surface area (Å²) in [5.41, 5.74) is 5.54. The van der Waals surface area contributed by atoms with Gasteiger partial charge in [-0.2, -0.15) is 0 Å². The van der Waals surface area contributed by atoms with Crippen LogP contribution in [-0.4, -0.2) is 31.8 Å². The van der Waals surface area contributed by atoms with E-state index in [0.29, 0.717) is 12.4 Å². The van der Waals surface area contributed by atoms with E-state index in [1.54, 1.807) is 6.20 Å². The van der Waals surface area contributed by atoms with Gasteiger partial charge >= 0.3 is 0 Å². The summed E-state index contributed by atoms with van der Waals surface area (Å²) in [5.74, 6) is 1.50. The maximum Gasteiger partial charge on any atom is 0.180 e. The monoisotopic (exact) mass is 359 g/mol. The highest BCUT2D eigenvalue weighted by atomic mass is 16.6. The molecule has 3 aromatic heterocycles. The van der Waals surface area contributed by atoms with Gasteiger partial charge in [-0.3, -0.25) is 4.98 Å². The van der Waals surface area contributed by atoms with Gasteiger partial charge in [0, 0.05) is 24.8 Å². The third kappa shape index (κ3) is 3.11. The predicted octanol–water partition coefficient (Wildman–Crippen LogP) is 2.33. The lowest BCUT2D eigenvalue weighted by Crippen LogP contribution is -2.26. The van der Waals surface area contributed by atoms with Gasteiger partial charge < -0.3 is 10.6 Å². The number of nitrogens with one attached hydrogen (secondary N) is 2. The van der Waals surface area contributed by atoms with Crippen LogP contribution in [0, 0.1) is 0 Å². The third-order valence-corrected chi connectivity index (χ3v) is 4.61. The van der Waals surface area contributed by atoms with E-state index in [0.717, 1.165) is 58.9 Å². The maximum absolute atomic E-state index is 4.77. The van der Waals surface area contributed by atoms with Crippen LogP contribution in [0.25, 0.3) is 22.6 Å². The summed E-state index contributed by atoms with van der Waals surface area (Å²) in [6.45, 7) is 2.29. The molecule has 0 radical (unpaired) electrons. The molecule has 0 spiro atoms. The Morgan fingerprint density at radius 2 is 2.04 bits per heavy atom. The molecule has 0 atom stereocenters. The van der Waals surface area contributed by atoms with Crippen molar-refractivity contribution >= 4 is 16.9 Å². The van der Waals surface area contributed by atoms with Gasteiger partial charge in [0.2, 0.25) is 0 Å². The molecule has 2 N–H and O–H groups in total. The van der Waals surface area contributed by atoms with E-state index in [1.165, 1.54) is 0 Å². The van der Waals surface area contributed by atoms with E-state index in [1.807, 2.05) is 36.4 Å². The second kappa shape index (κ2) is 6.73. The van der Waals surface area contributed by atoms with E-state index in [-0.39, 0.29) is 0 Å². The lowest BCUT2D eigenvalue weighted by Gasteiger charge is -2.20. The second-order valence-corrected chi connectivity index (χ2v) is 6.40. The summed E-state index contributed by atoms with van der Waals surface area (Å²) in [6, 6.07) is 11.6. The number of nitrogens with zero attached hydrogens (tertiary/aromatic N) is 5. The van der Waals surface area contributed by atoms with Gasteiger partial charge in [0.1, 0.15) is 22.5 Å². The van der Waals surface area contributed by atoms with Gasteiger partial charge in [-0.25, -0.2) is 14.6 Å². The van der Waals surface area contributed by atoms with Crippen LogP contribution in [0.1, 0.15) is 16.8 Å². The largest absolute Gasteiger partial charge is 0.366 e. The lowest BCUT2D eigenvalue weighted by molar-refractivity contribution is 0.315. The van der Waals surface area contributed by atoms with Crippen molar-refractivity contribution in [3.63, 3.8) is 0 Å². The summed E-state index contributed by atoms with van der Waals surface area (Å²) < 4.78 is 4.77. The second-order valence-electron chi connectivity index (χ2n) is 6.40. The van der Waals surface area contributed by atoms with Crippen molar-refractivity contribution < 1.29 is 4.63 Å². The van der Waals surface area contributed by atoms with E-state index >= 15 is 0 Å². The molecule has 1 aliphatic heterocycles. The van der Waals surface area contributed by atoms with Gasteiger partial charge in [-0.05, 0) is 53.1 Å². The highest BCUT2D eigenvalue weighted by Crippen LogP contribution is 2.24. The molecule has 4 aromatic rings. The van der Waals surface area contributed by atoms with E-state index in [9.17, 15) is 0 Å². The Bertz CT molecular complexity index is 1090. The number of rotatable bonds is 4. The number of benzene rings is 1. The fourth-order valence-corrected chi connectivity index (χ4v) is 3.24. The van der Waals surface area contributed by atoms with Gasteiger partial charge in [0.25, 0.3) is 0 Å². The van der Waals surface area contributed by atoms with Crippen LogP contribution >= 0.6 is 0 Å². The molecule has 8 nitrogen and oxygen atoms in total. The molecule has 0 bridgehead atoms. The smallest absolute Gasteiger partial charge is 0.180 e. The number of aromatic nitrogens is 5. The maximum atomic E-state index is 4.77. The topological polar surface area (TPSA) is 102 Å². The Balaban J connectivity index is 1.48. The van der Waals surface area contributed by atoms with Gasteiger partial charge in [-0.1, -0.05) is 12.1 Å². The lowest BCUT2D eigenvalue weighted by atomic mass is 10.1. The van der Waals surface area contributed by atoms with E-state index in [4.69, 9.17) is 14.6 Å². The first-order valence-corrected chi connectivity index (χ1v) is 8.84. The summed E-state index contributed by atoms with van der Waals surface area (Å²) in [6.07, 6.45) is 2.65. The van der Waals surface area contributed by atoms with E-state index in [2.05, 4.69) is 25.9 Å². The third-order valence-electron chi connectivity index (χ3n) is 4.61. The van der Waals surface area contributed by atoms with Crippen molar-refractivity contribution in [2.75, 3.05) is 11.9 Å². The van der Waals surface area contributed by atoms with Crippen LogP contribution in [-0.2, 0) is 19.5 Å². The molecule has 0 aliphatic carbocycles. The predicted molar refractivity (Wildman–Crippen MR) is 99.8 cm³/mol. The Kier molecular flexibility index (Phi) is 3.95. The first-order valence-electron chi connectivity index (χ1n) is 8.84. The quantitative estimate of drug-likeness (QED) is 0.572. The first-order chi connectivity index (χ1) is 13.4. The highest BCUT2D eigenvalue weighted by molar-refractivity contribution is 5.73. The van der Waals surface area contributed by atoms with Gasteiger partial charge in [0.15, 0.2) is 5.82 Å². The molecule has 4 heterocycles. The zero-order valence-corrected chi connectivity index (χ0v) is 14.5. The van der Waals surface area contributed by atoms with Crippen LogP contribution in [0.15, 0.2) is 47.2 Å². The van der Waals surface area contributed by atoms with Crippen LogP contribution < -0.4 is 10.6 Å². The van der Waals surface area contributed by atoms with Crippen molar-refractivity contribution in [1.29, 1.82) is 0 Å². The molecule has 1 aromatic carbocycles. The molecule has 5 rings (SSSR count). The number of fused-ring (bicyclic) bond motifs is 2. The molecule has 0 saturated heterocycles. The minimum atomic E-state index is 0.626. The Hall–Kier alpha value is -3.39. The average molecular weight is 359 g/mol. The normalized spacial score (nSPS) is 13.5. The van der Waals surface area contributed by atoms with Crippen LogP contribution in [0.5, 0.6) is 0 Å². The van der Waals surface area contributed by atoms with Crippen molar-refractivity contribution in [2.24, 2.45) is 0 Å². The molecule has 0 unspecified atom stereocenters. The van der Waals surface area contributed by atoms with Crippen molar-refractivity contribution in [1.82, 2.24) is 30.6 Å². The molecule has 1 aliphatic rings. The Morgan fingerprint density at radius 3 is 2.96 bits per heavy atom. The van der Waals surface area contributed by atoms with Gasteiger partial charge in [-0.15, -0.1) is 0 Å². The average Bonchev–Trinajstić information content (AvgIpc) is 3.20. The zero-order chi connectivity index (χ0) is 18.1. The number of anilines is 1.